The normalized spacial score (nSPS) is 15.2. The standard InChI is InChI=1S/C14H10F3NO3/c15-14(16,17)21-8-3-4-11-9(5-8)10(13(19)20)6-12(18-11)7-1-2-7/h3-7H,1-2H2,(H,19,20). The molecule has 4 nitrogen and oxygen atoms in total. The predicted molar refractivity (Wildman–Crippen MR) is 67.4 cm³/mol. The van der Waals surface area contributed by atoms with Crippen molar-refractivity contribution in [3.8, 4) is 5.75 Å². The third-order valence-electron chi connectivity index (χ3n) is 3.26. The van der Waals surface area contributed by atoms with Crippen molar-refractivity contribution < 1.29 is 27.8 Å². The fourth-order valence-corrected chi connectivity index (χ4v) is 2.19. The summed E-state index contributed by atoms with van der Waals surface area (Å²) in [6, 6.07) is 4.95. The first kappa shape index (κ1) is 13.7. The second-order valence-electron chi connectivity index (χ2n) is 4.90. The van der Waals surface area contributed by atoms with Gasteiger partial charge in [-0.1, -0.05) is 0 Å². The summed E-state index contributed by atoms with van der Waals surface area (Å²) in [5.74, 6) is -1.41. The maximum atomic E-state index is 12.2. The van der Waals surface area contributed by atoms with Gasteiger partial charge in [0.1, 0.15) is 5.75 Å². The molecule has 1 aromatic heterocycles. The van der Waals surface area contributed by atoms with Gasteiger partial charge < -0.3 is 9.84 Å². The highest BCUT2D eigenvalue weighted by Crippen LogP contribution is 2.40. The Bertz CT molecular complexity index is 723. The second kappa shape index (κ2) is 4.61. The van der Waals surface area contributed by atoms with Crippen LogP contribution in [0.25, 0.3) is 10.9 Å². The van der Waals surface area contributed by atoms with Gasteiger partial charge in [-0.25, -0.2) is 4.79 Å². The van der Waals surface area contributed by atoms with Crippen LogP contribution in [-0.2, 0) is 0 Å². The number of hydrogen-bond donors (Lipinski definition) is 1. The van der Waals surface area contributed by atoms with Crippen molar-refractivity contribution in [3.63, 3.8) is 0 Å². The Hall–Kier alpha value is -2.31. The highest BCUT2D eigenvalue weighted by atomic mass is 19.4. The third kappa shape index (κ3) is 2.91. The van der Waals surface area contributed by atoms with E-state index in [0.29, 0.717) is 11.2 Å². The monoisotopic (exact) mass is 297 g/mol. The van der Waals surface area contributed by atoms with Gasteiger partial charge in [0.05, 0.1) is 11.1 Å². The van der Waals surface area contributed by atoms with Crippen molar-refractivity contribution in [1.29, 1.82) is 0 Å². The van der Waals surface area contributed by atoms with E-state index in [2.05, 4.69) is 9.72 Å². The van der Waals surface area contributed by atoms with Crippen LogP contribution in [-0.4, -0.2) is 22.4 Å². The topological polar surface area (TPSA) is 59.4 Å². The van der Waals surface area contributed by atoms with E-state index in [1.165, 1.54) is 12.1 Å². The van der Waals surface area contributed by atoms with E-state index in [-0.39, 0.29) is 16.9 Å². The number of pyridine rings is 1. The Morgan fingerprint density at radius 3 is 2.57 bits per heavy atom. The number of fused-ring (bicyclic) bond motifs is 1. The Labute approximate surface area is 117 Å². The van der Waals surface area contributed by atoms with Crippen molar-refractivity contribution in [3.05, 3.63) is 35.5 Å². The van der Waals surface area contributed by atoms with Crippen LogP contribution in [0.15, 0.2) is 24.3 Å². The van der Waals surface area contributed by atoms with Gasteiger partial charge >= 0.3 is 12.3 Å². The highest BCUT2D eigenvalue weighted by Gasteiger charge is 2.31. The van der Waals surface area contributed by atoms with E-state index >= 15 is 0 Å². The lowest BCUT2D eigenvalue weighted by atomic mass is 10.1. The molecule has 0 bridgehead atoms. The number of nitrogens with zero attached hydrogens (tertiary/aromatic N) is 1. The molecule has 0 saturated heterocycles. The smallest absolute Gasteiger partial charge is 0.478 e. The van der Waals surface area contributed by atoms with Gasteiger partial charge in [-0.2, -0.15) is 0 Å². The van der Waals surface area contributed by atoms with E-state index in [1.54, 1.807) is 0 Å². The predicted octanol–water partition coefficient (Wildman–Crippen LogP) is 3.71. The van der Waals surface area contributed by atoms with Gasteiger partial charge in [0.25, 0.3) is 0 Å². The highest BCUT2D eigenvalue weighted by molar-refractivity contribution is 6.03. The van der Waals surface area contributed by atoms with Gasteiger partial charge in [0, 0.05) is 17.0 Å². The van der Waals surface area contributed by atoms with E-state index in [9.17, 15) is 23.1 Å². The molecule has 0 unspecified atom stereocenters. The molecule has 1 aliphatic rings. The fraction of sp³-hybridized carbons (Fsp3) is 0.286. The summed E-state index contributed by atoms with van der Waals surface area (Å²) in [6.45, 7) is 0. The molecule has 110 valence electrons. The molecular weight excluding hydrogens is 287 g/mol. The quantitative estimate of drug-likeness (QED) is 0.938. The number of hydrogen-bond acceptors (Lipinski definition) is 3. The molecule has 21 heavy (non-hydrogen) atoms. The van der Waals surface area contributed by atoms with E-state index in [4.69, 9.17) is 0 Å². The number of aromatic nitrogens is 1. The third-order valence-corrected chi connectivity index (χ3v) is 3.26. The maximum Gasteiger partial charge on any atom is 0.573 e. The molecule has 3 rings (SSSR count). The van der Waals surface area contributed by atoms with Gasteiger partial charge in [0.2, 0.25) is 0 Å². The number of benzene rings is 1. The van der Waals surface area contributed by atoms with Crippen molar-refractivity contribution in [2.45, 2.75) is 25.1 Å². The summed E-state index contributed by atoms with van der Waals surface area (Å²) in [5, 5.41) is 9.38. The zero-order chi connectivity index (χ0) is 15.2. The van der Waals surface area contributed by atoms with Crippen LogP contribution in [0, 0.1) is 0 Å². The minimum atomic E-state index is -4.82. The average molecular weight is 297 g/mol. The maximum absolute atomic E-state index is 12.2. The Morgan fingerprint density at radius 2 is 2.00 bits per heavy atom. The first-order chi connectivity index (χ1) is 9.83. The summed E-state index contributed by atoms with van der Waals surface area (Å²) in [7, 11) is 0. The van der Waals surface area contributed by atoms with Crippen LogP contribution in [0.3, 0.4) is 0 Å². The minimum absolute atomic E-state index is 0.0606. The number of carboxylic acid groups (broad SMARTS) is 1. The Kier molecular flexibility index (Phi) is 3.00. The number of halogens is 3. The van der Waals surface area contributed by atoms with Crippen molar-refractivity contribution in [1.82, 2.24) is 4.98 Å². The lowest BCUT2D eigenvalue weighted by Gasteiger charge is -2.11. The number of carbonyl (C=O) groups is 1. The molecule has 0 amide bonds. The van der Waals surface area contributed by atoms with Gasteiger partial charge in [-0.15, -0.1) is 13.2 Å². The van der Waals surface area contributed by atoms with Gasteiger partial charge in [0.15, 0.2) is 0 Å². The zero-order valence-corrected chi connectivity index (χ0v) is 10.6. The fourth-order valence-electron chi connectivity index (χ4n) is 2.19. The molecular formula is C14H10F3NO3. The molecule has 7 heteroatoms. The average Bonchev–Trinajstić information content (AvgIpc) is 3.19. The molecule has 1 heterocycles. The molecule has 0 radical (unpaired) electrons. The van der Waals surface area contributed by atoms with Crippen LogP contribution >= 0.6 is 0 Å². The number of alkyl halides is 3. The summed E-state index contributed by atoms with van der Waals surface area (Å²) in [4.78, 5) is 15.6. The Morgan fingerprint density at radius 1 is 1.29 bits per heavy atom. The molecule has 0 atom stereocenters. The van der Waals surface area contributed by atoms with Gasteiger partial charge in [-0.05, 0) is 37.1 Å². The minimum Gasteiger partial charge on any atom is -0.478 e. The SMILES string of the molecule is O=C(O)c1cc(C2CC2)nc2ccc(OC(F)(F)F)cc12. The molecule has 1 saturated carbocycles. The molecule has 2 aromatic rings. The molecule has 1 fully saturated rings. The largest absolute Gasteiger partial charge is 0.573 e. The number of rotatable bonds is 3. The Balaban J connectivity index is 2.12. The molecule has 0 spiro atoms. The number of aromatic carboxylic acids is 1. The van der Waals surface area contributed by atoms with Crippen LogP contribution in [0.5, 0.6) is 5.75 Å². The molecule has 0 aliphatic heterocycles. The number of carboxylic acids is 1. The van der Waals surface area contributed by atoms with Crippen LogP contribution in [0.4, 0.5) is 13.2 Å². The lowest BCUT2D eigenvalue weighted by molar-refractivity contribution is -0.274. The number of ether oxygens (including phenoxy) is 1. The van der Waals surface area contributed by atoms with E-state index in [0.717, 1.165) is 25.0 Å². The van der Waals surface area contributed by atoms with E-state index < -0.39 is 18.1 Å². The summed E-state index contributed by atoms with van der Waals surface area (Å²) >= 11 is 0. The summed E-state index contributed by atoms with van der Waals surface area (Å²) in [5.41, 5.74) is 0.963. The van der Waals surface area contributed by atoms with Gasteiger partial charge in [-0.3, -0.25) is 4.98 Å². The molecule has 1 aromatic carbocycles. The van der Waals surface area contributed by atoms with E-state index in [1.807, 2.05) is 0 Å². The summed E-state index contributed by atoms with van der Waals surface area (Å²) in [6.07, 6.45) is -2.92. The zero-order valence-electron chi connectivity index (χ0n) is 10.6. The lowest BCUT2D eigenvalue weighted by Crippen LogP contribution is -2.17. The van der Waals surface area contributed by atoms with Crippen molar-refractivity contribution in [2.75, 3.05) is 0 Å². The van der Waals surface area contributed by atoms with Crippen molar-refractivity contribution in [2.24, 2.45) is 0 Å². The van der Waals surface area contributed by atoms with Crippen LogP contribution in [0.1, 0.15) is 34.8 Å². The molecule has 1 aliphatic carbocycles. The molecule has 1 N–H and O–H groups in total. The van der Waals surface area contributed by atoms with Crippen LogP contribution in [0.2, 0.25) is 0 Å². The first-order valence-electron chi connectivity index (χ1n) is 6.27. The van der Waals surface area contributed by atoms with Crippen molar-refractivity contribution >= 4 is 16.9 Å². The van der Waals surface area contributed by atoms with Crippen LogP contribution < -0.4 is 4.74 Å². The summed E-state index contributed by atoms with van der Waals surface area (Å²) < 4.78 is 40.5. The second-order valence-corrected chi connectivity index (χ2v) is 4.90. The first-order valence-corrected chi connectivity index (χ1v) is 6.27.